The van der Waals surface area contributed by atoms with E-state index in [9.17, 15) is 0 Å². The van der Waals surface area contributed by atoms with Gasteiger partial charge >= 0.3 is 0 Å². The first-order valence-corrected chi connectivity index (χ1v) is 7.69. The second kappa shape index (κ2) is 6.90. The van der Waals surface area contributed by atoms with Crippen LogP contribution < -0.4 is 0 Å². The van der Waals surface area contributed by atoms with Gasteiger partial charge in [0.1, 0.15) is 0 Å². The van der Waals surface area contributed by atoms with Gasteiger partial charge in [-0.15, -0.1) is 0 Å². The van der Waals surface area contributed by atoms with E-state index in [-0.39, 0.29) is 0 Å². The molecule has 0 bridgehead atoms. The summed E-state index contributed by atoms with van der Waals surface area (Å²) in [5, 5.41) is 0. The van der Waals surface area contributed by atoms with Crippen LogP contribution in [0.2, 0.25) is 0 Å². The van der Waals surface area contributed by atoms with Crippen molar-refractivity contribution in [3.63, 3.8) is 0 Å². The Morgan fingerprint density at radius 2 is 1.69 bits per heavy atom. The maximum absolute atomic E-state index is 4.59. The Kier molecular flexibility index (Phi) is 6.20. The maximum Gasteiger partial charge on any atom is 0.00953 e. The second-order valence-electron chi connectivity index (χ2n) is 5.37. The molecule has 1 aliphatic rings. The molecule has 1 aliphatic carbocycles. The molecule has 1 fully saturated rings. The standard InChI is InChI=1S/C14H29NS/c1-4-14(5-2,12-16)11-15(6-3)13-9-7-8-10-13/h13,16H,4-12H2,1-3H3. The molecule has 0 spiro atoms. The lowest BCUT2D eigenvalue weighted by Gasteiger charge is -2.38. The molecule has 0 amide bonds. The highest BCUT2D eigenvalue weighted by molar-refractivity contribution is 7.80. The number of hydrogen-bond acceptors (Lipinski definition) is 2. The highest BCUT2D eigenvalue weighted by atomic mass is 32.1. The zero-order valence-corrected chi connectivity index (χ0v) is 12.2. The van der Waals surface area contributed by atoms with Crippen LogP contribution in [0.4, 0.5) is 0 Å². The van der Waals surface area contributed by atoms with Crippen molar-refractivity contribution in [2.24, 2.45) is 5.41 Å². The predicted octanol–water partition coefficient (Wildman–Crippen LogP) is 3.99. The topological polar surface area (TPSA) is 3.24 Å². The average Bonchev–Trinajstić information content (AvgIpc) is 2.85. The fourth-order valence-corrected chi connectivity index (χ4v) is 3.49. The van der Waals surface area contributed by atoms with Crippen LogP contribution in [0.25, 0.3) is 0 Å². The zero-order chi connectivity index (χ0) is 12.0. The summed E-state index contributed by atoms with van der Waals surface area (Å²) in [5.74, 6) is 1.03. The molecule has 1 nitrogen and oxygen atoms in total. The van der Waals surface area contributed by atoms with E-state index in [0.717, 1.165) is 11.8 Å². The lowest BCUT2D eigenvalue weighted by Crippen LogP contribution is -2.43. The Bertz CT molecular complexity index is 175. The lowest BCUT2D eigenvalue weighted by atomic mass is 9.83. The van der Waals surface area contributed by atoms with Crippen LogP contribution in [0.3, 0.4) is 0 Å². The third kappa shape index (κ3) is 3.40. The first-order chi connectivity index (χ1) is 7.71. The van der Waals surface area contributed by atoms with E-state index in [0.29, 0.717) is 5.41 Å². The Morgan fingerprint density at radius 1 is 1.12 bits per heavy atom. The van der Waals surface area contributed by atoms with Crippen LogP contribution in [-0.4, -0.2) is 29.8 Å². The molecule has 1 saturated carbocycles. The van der Waals surface area contributed by atoms with E-state index < -0.39 is 0 Å². The molecular formula is C14H29NS. The summed E-state index contributed by atoms with van der Waals surface area (Å²) in [7, 11) is 0. The van der Waals surface area contributed by atoms with E-state index in [1.165, 1.54) is 51.6 Å². The van der Waals surface area contributed by atoms with E-state index in [2.05, 4.69) is 38.3 Å². The van der Waals surface area contributed by atoms with Gasteiger partial charge in [-0.2, -0.15) is 12.6 Å². The normalized spacial score (nSPS) is 18.6. The Hall–Kier alpha value is 0.310. The van der Waals surface area contributed by atoms with Gasteiger partial charge in [0.2, 0.25) is 0 Å². The van der Waals surface area contributed by atoms with Crippen molar-refractivity contribution in [3.05, 3.63) is 0 Å². The molecule has 0 unspecified atom stereocenters. The summed E-state index contributed by atoms with van der Waals surface area (Å²) in [6, 6.07) is 0.863. The van der Waals surface area contributed by atoms with Gasteiger partial charge < -0.3 is 4.90 Å². The molecule has 0 radical (unpaired) electrons. The van der Waals surface area contributed by atoms with Crippen molar-refractivity contribution < 1.29 is 0 Å². The molecule has 0 aliphatic heterocycles. The van der Waals surface area contributed by atoms with Crippen LogP contribution in [0.1, 0.15) is 59.3 Å². The third-order valence-electron chi connectivity index (χ3n) is 4.62. The van der Waals surface area contributed by atoms with Gasteiger partial charge in [-0.1, -0.05) is 33.6 Å². The van der Waals surface area contributed by atoms with Crippen LogP contribution in [0.15, 0.2) is 0 Å². The highest BCUT2D eigenvalue weighted by Gasteiger charge is 2.30. The zero-order valence-electron chi connectivity index (χ0n) is 11.3. The van der Waals surface area contributed by atoms with Crippen molar-refractivity contribution in [1.82, 2.24) is 4.90 Å². The van der Waals surface area contributed by atoms with Gasteiger partial charge in [0.05, 0.1) is 0 Å². The van der Waals surface area contributed by atoms with E-state index >= 15 is 0 Å². The molecule has 2 heteroatoms. The van der Waals surface area contributed by atoms with Crippen molar-refractivity contribution in [2.45, 2.75) is 65.3 Å². The van der Waals surface area contributed by atoms with Crippen molar-refractivity contribution in [3.8, 4) is 0 Å². The smallest absolute Gasteiger partial charge is 0.00953 e. The number of rotatable bonds is 7. The quantitative estimate of drug-likeness (QED) is 0.662. The van der Waals surface area contributed by atoms with Crippen LogP contribution in [-0.2, 0) is 0 Å². The van der Waals surface area contributed by atoms with Crippen molar-refractivity contribution in [1.29, 1.82) is 0 Å². The molecule has 0 N–H and O–H groups in total. The Balaban J connectivity index is 2.58. The van der Waals surface area contributed by atoms with Crippen LogP contribution >= 0.6 is 12.6 Å². The van der Waals surface area contributed by atoms with Crippen molar-refractivity contribution in [2.75, 3.05) is 18.8 Å². The van der Waals surface area contributed by atoms with Gasteiger partial charge in [-0.3, -0.25) is 0 Å². The number of hydrogen-bond donors (Lipinski definition) is 1. The molecule has 96 valence electrons. The minimum absolute atomic E-state index is 0.446. The minimum Gasteiger partial charge on any atom is -0.300 e. The summed E-state index contributed by atoms with van der Waals surface area (Å²) < 4.78 is 0. The first kappa shape index (κ1) is 14.4. The number of thiol groups is 1. The van der Waals surface area contributed by atoms with Crippen LogP contribution in [0, 0.1) is 5.41 Å². The van der Waals surface area contributed by atoms with Gasteiger partial charge in [0, 0.05) is 12.6 Å². The lowest BCUT2D eigenvalue weighted by molar-refractivity contribution is 0.122. The summed E-state index contributed by atoms with van der Waals surface area (Å²) in [5.41, 5.74) is 0.446. The molecule has 0 aromatic rings. The number of nitrogens with zero attached hydrogens (tertiary/aromatic N) is 1. The molecule has 0 heterocycles. The van der Waals surface area contributed by atoms with E-state index in [1.54, 1.807) is 0 Å². The van der Waals surface area contributed by atoms with Crippen molar-refractivity contribution >= 4 is 12.6 Å². The van der Waals surface area contributed by atoms with Gasteiger partial charge in [0.25, 0.3) is 0 Å². The minimum atomic E-state index is 0.446. The molecule has 0 aromatic heterocycles. The molecular weight excluding hydrogens is 214 g/mol. The molecule has 0 aromatic carbocycles. The molecule has 1 rings (SSSR count). The average molecular weight is 243 g/mol. The van der Waals surface area contributed by atoms with Gasteiger partial charge in [-0.05, 0) is 43.4 Å². The fourth-order valence-electron chi connectivity index (χ4n) is 2.95. The largest absolute Gasteiger partial charge is 0.300 e. The molecule has 0 saturated heterocycles. The van der Waals surface area contributed by atoms with E-state index in [1.807, 2.05) is 0 Å². The summed E-state index contributed by atoms with van der Waals surface area (Å²) in [4.78, 5) is 2.72. The Morgan fingerprint density at radius 3 is 2.06 bits per heavy atom. The summed E-state index contributed by atoms with van der Waals surface area (Å²) in [6.07, 6.45) is 8.24. The van der Waals surface area contributed by atoms with E-state index in [4.69, 9.17) is 0 Å². The first-order valence-electron chi connectivity index (χ1n) is 7.06. The highest BCUT2D eigenvalue weighted by Crippen LogP contribution is 2.32. The summed E-state index contributed by atoms with van der Waals surface area (Å²) >= 11 is 4.59. The predicted molar refractivity (Wildman–Crippen MR) is 76.4 cm³/mol. The third-order valence-corrected chi connectivity index (χ3v) is 5.29. The molecule has 16 heavy (non-hydrogen) atoms. The second-order valence-corrected chi connectivity index (χ2v) is 5.68. The molecule has 0 atom stereocenters. The monoisotopic (exact) mass is 243 g/mol. The Labute approximate surface area is 107 Å². The SMILES string of the molecule is CCN(CC(CC)(CC)CS)C1CCCC1. The van der Waals surface area contributed by atoms with Crippen LogP contribution in [0.5, 0.6) is 0 Å². The summed E-state index contributed by atoms with van der Waals surface area (Å²) in [6.45, 7) is 9.42. The maximum atomic E-state index is 4.59. The fraction of sp³-hybridized carbons (Fsp3) is 1.00. The van der Waals surface area contributed by atoms with Gasteiger partial charge in [-0.25, -0.2) is 0 Å². The van der Waals surface area contributed by atoms with Gasteiger partial charge in [0.15, 0.2) is 0 Å².